The van der Waals surface area contributed by atoms with Crippen LogP contribution in [0.5, 0.6) is 0 Å². The van der Waals surface area contributed by atoms with Gasteiger partial charge in [-0.1, -0.05) is 60.8 Å². The van der Waals surface area contributed by atoms with E-state index in [0.29, 0.717) is 11.1 Å². The van der Waals surface area contributed by atoms with Crippen LogP contribution >= 0.6 is 34.3 Å². The number of nitrogens with two attached hydrogens (primary N) is 1. The van der Waals surface area contributed by atoms with Gasteiger partial charge in [-0.05, 0) is 29.9 Å². The second-order valence-corrected chi connectivity index (χ2v) is 10.3. The summed E-state index contributed by atoms with van der Waals surface area (Å²) >= 11 is 10.1. The third-order valence-electron chi connectivity index (χ3n) is 5.89. The number of hydrogen-bond acceptors (Lipinski definition) is 5. The Morgan fingerprint density at radius 3 is 2.70 bits per heavy atom. The van der Waals surface area contributed by atoms with E-state index in [4.69, 9.17) is 22.3 Å². The number of pyridine rings is 1. The van der Waals surface area contributed by atoms with Gasteiger partial charge < -0.3 is 11.1 Å². The molecule has 0 bridgehead atoms. The first-order valence-electron chi connectivity index (χ1n) is 10.4. The molecule has 0 amide bonds. The first-order chi connectivity index (χ1) is 14.7. The van der Waals surface area contributed by atoms with Crippen molar-refractivity contribution in [3.05, 3.63) is 68.8 Å². The second kappa shape index (κ2) is 8.67. The minimum Gasteiger partial charge on any atom is -0.379 e. The number of anilines is 1. The average molecular weight is 454 g/mol. The minimum absolute atomic E-state index is 0.201. The average Bonchev–Trinajstić information content (AvgIpc) is 3.41. The van der Waals surface area contributed by atoms with Gasteiger partial charge in [-0.15, -0.1) is 22.7 Å². The SMILES string of the molecule is N[C@H]1CCCC[C@@H]1c1sc2c(NCc3cccs3)cc(Cl)nc2c1-c1ccccc1. The maximum atomic E-state index is 6.62. The fourth-order valence-electron chi connectivity index (χ4n) is 4.41. The molecule has 3 aromatic heterocycles. The molecule has 2 atom stereocenters. The number of thiophene rings is 2. The van der Waals surface area contributed by atoms with Crippen LogP contribution in [0.2, 0.25) is 5.15 Å². The van der Waals surface area contributed by atoms with Crippen LogP contribution < -0.4 is 11.1 Å². The highest BCUT2D eigenvalue weighted by Crippen LogP contribution is 2.48. The molecule has 4 aromatic rings. The van der Waals surface area contributed by atoms with E-state index in [1.165, 1.54) is 38.4 Å². The summed E-state index contributed by atoms with van der Waals surface area (Å²) in [4.78, 5) is 7.45. The third kappa shape index (κ3) is 3.87. The van der Waals surface area contributed by atoms with Crippen molar-refractivity contribution in [1.82, 2.24) is 4.98 Å². The molecule has 6 heteroatoms. The number of halogens is 1. The molecule has 154 valence electrons. The molecule has 1 aliphatic rings. The van der Waals surface area contributed by atoms with Crippen molar-refractivity contribution in [2.24, 2.45) is 5.73 Å². The Hall–Kier alpha value is -1.92. The molecule has 3 N–H and O–H groups in total. The van der Waals surface area contributed by atoms with Crippen LogP contribution in [0.25, 0.3) is 21.3 Å². The van der Waals surface area contributed by atoms with Crippen molar-refractivity contribution >= 4 is 50.2 Å². The van der Waals surface area contributed by atoms with Crippen molar-refractivity contribution in [1.29, 1.82) is 0 Å². The summed E-state index contributed by atoms with van der Waals surface area (Å²) in [7, 11) is 0. The third-order valence-corrected chi connectivity index (χ3v) is 8.30. The van der Waals surface area contributed by atoms with Crippen LogP contribution in [0.4, 0.5) is 5.69 Å². The molecule has 30 heavy (non-hydrogen) atoms. The largest absolute Gasteiger partial charge is 0.379 e. The van der Waals surface area contributed by atoms with E-state index in [0.717, 1.165) is 30.6 Å². The van der Waals surface area contributed by atoms with Gasteiger partial charge in [0.2, 0.25) is 0 Å². The van der Waals surface area contributed by atoms with Gasteiger partial charge in [0, 0.05) is 39.9 Å². The zero-order valence-corrected chi connectivity index (χ0v) is 19.0. The van der Waals surface area contributed by atoms with E-state index in [1.54, 1.807) is 11.3 Å². The number of fused-ring (bicyclic) bond motifs is 1. The molecule has 1 fully saturated rings. The number of nitrogens with zero attached hydrogens (tertiary/aromatic N) is 1. The van der Waals surface area contributed by atoms with Crippen LogP contribution in [0.1, 0.15) is 41.4 Å². The number of rotatable bonds is 5. The van der Waals surface area contributed by atoms with Crippen molar-refractivity contribution < 1.29 is 0 Å². The van der Waals surface area contributed by atoms with E-state index < -0.39 is 0 Å². The first kappa shape index (κ1) is 20.0. The zero-order valence-electron chi connectivity index (χ0n) is 16.6. The molecular weight excluding hydrogens is 430 g/mol. The Balaban J connectivity index is 1.67. The Morgan fingerprint density at radius 1 is 1.10 bits per heavy atom. The molecule has 0 radical (unpaired) electrons. The summed E-state index contributed by atoms with van der Waals surface area (Å²) in [5.41, 5.74) is 11.1. The van der Waals surface area contributed by atoms with Gasteiger partial charge in [0.25, 0.3) is 0 Å². The second-order valence-electron chi connectivity index (χ2n) is 7.87. The van der Waals surface area contributed by atoms with E-state index >= 15 is 0 Å². The maximum absolute atomic E-state index is 6.62. The number of benzene rings is 1. The lowest BCUT2D eigenvalue weighted by Crippen LogP contribution is -2.31. The molecule has 0 spiro atoms. The van der Waals surface area contributed by atoms with Crippen LogP contribution in [0.3, 0.4) is 0 Å². The predicted molar refractivity (Wildman–Crippen MR) is 131 cm³/mol. The molecule has 1 aromatic carbocycles. The Kier molecular flexibility index (Phi) is 5.79. The van der Waals surface area contributed by atoms with Crippen LogP contribution in [-0.2, 0) is 6.54 Å². The van der Waals surface area contributed by atoms with Crippen LogP contribution in [0.15, 0.2) is 53.9 Å². The number of nitrogens with one attached hydrogen (secondary N) is 1. The summed E-state index contributed by atoms with van der Waals surface area (Å²) in [6.45, 7) is 0.782. The molecule has 5 rings (SSSR count). The highest BCUT2D eigenvalue weighted by Gasteiger charge is 2.30. The molecule has 3 nitrogen and oxygen atoms in total. The normalized spacial score (nSPS) is 19.3. The maximum Gasteiger partial charge on any atom is 0.131 e. The first-order valence-corrected chi connectivity index (χ1v) is 12.5. The number of hydrogen-bond donors (Lipinski definition) is 2. The van der Waals surface area contributed by atoms with E-state index in [9.17, 15) is 0 Å². The Bertz CT molecular complexity index is 1140. The van der Waals surface area contributed by atoms with Crippen LogP contribution in [0, 0.1) is 0 Å². The fraction of sp³-hybridized carbons (Fsp3) is 0.292. The Labute approximate surface area is 189 Å². The highest BCUT2D eigenvalue weighted by atomic mass is 35.5. The summed E-state index contributed by atoms with van der Waals surface area (Å²) < 4.78 is 1.17. The summed E-state index contributed by atoms with van der Waals surface area (Å²) in [6.07, 6.45) is 4.68. The zero-order chi connectivity index (χ0) is 20.5. The lowest BCUT2D eigenvalue weighted by atomic mass is 9.82. The molecular formula is C24H24ClN3S2. The summed E-state index contributed by atoms with van der Waals surface area (Å²) in [6, 6.07) is 16.9. The van der Waals surface area contributed by atoms with Crippen molar-refractivity contribution in [2.45, 2.75) is 44.2 Å². The lowest BCUT2D eigenvalue weighted by molar-refractivity contribution is 0.390. The van der Waals surface area contributed by atoms with Gasteiger partial charge in [-0.3, -0.25) is 0 Å². The van der Waals surface area contributed by atoms with Gasteiger partial charge in [0.05, 0.1) is 15.9 Å². The lowest BCUT2D eigenvalue weighted by Gasteiger charge is -2.28. The van der Waals surface area contributed by atoms with Gasteiger partial charge in [-0.2, -0.15) is 0 Å². The fourth-order valence-corrected chi connectivity index (χ4v) is 6.71. The topological polar surface area (TPSA) is 50.9 Å². The van der Waals surface area contributed by atoms with Crippen LogP contribution in [-0.4, -0.2) is 11.0 Å². The van der Waals surface area contributed by atoms with E-state index in [2.05, 4.69) is 53.2 Å². The molecule has 1 saturated carbocycles. The summed E-state index contributed by atoms with van der Waals surface area (Å²) in [5.74, 6) is 0.372. The van der Waals surface area contributed by atoms with Gasteiger partial charge in [-0.25, -0.2) is 4.98 Å². The van der Waals surface area contributed by atoms with Crippen molar-refractivity contribution in [3.8, 4) is 11.1 Å². The van der Waals surface area contributed by atoms with Crippen molar-refractivity contribution in [2.75, 3.05) is 5.32 Å². The predicted octanol–water partition coefficient (Wildman–Crippen LogP) is 7.28. The number of aromatic nitrogens is 1. The molecule has 0 unspecified atom stereocenters. The standard InChI is InChI=1S/C24H24ClN3S2/c25-20-13-19(27-14-16-9-6-12-29-16)24-22(28-20)21(15-7-2-1-3-8-15)23(30-24)17-10-4-5-11-18(17)26/h1-3,6-9,12-13,17-18H,4-5,10-11,14,26H2,(H,27,28)/t17-,18-/m0/s1. The van der Waals surface area contributed by atoms with E-state index in [-0.39, 0.29) is 6.04 Å². The minimum atomic E-state index is 0.201. The molecule has 0 saturated heterocycles. The Morgan fingerprint density at radius 2 is 1.93 bits per heavy atom. The molecule has 3 heterocycles. The monoisotopic (exact) mass is 453 g/mol. The quantitative estimate of drug-likeness (QED) is 0.312. The smallest absolute Gasteiger partial charge is 0.131 e. The highest BCUT2D eigenvalue weighted by molar-refractivity contribution is 7.20. The van der Waals surface area contributed by atoms with Crippen molar-refractivity contribution in [3.63, 3.8) is 0 Å². The summed E-state index contributed by atoms with van der Waals surface area (Å²) in [5, 5.41) is 6.23. The van der Waals surface area contributed by atoms with Gasteiger partial charge in [0.1, 0.15) is 5.15 Å². The van der Waals surface area contributed by atoms with E-state index in [1.807, 2.05) is 17.4 Å². The van der Waals surface area contributed by atoms with Gasteiger partial charge in [0.15, 0.2) is 0 Å². The van der Waals surface area contributed by atoms with Gasteiger partial charge >= 0.3 is 0 Å². The molecule has 0 aliphatic heterocycles. The molecule has 1 aliphatic carbocycles.